The summed E-state index contributed by atoms with van der Waals surface area (Å²) in [5.74, 6) is 1.72. The number of furan rings is 1. The Hall–Kier alpha value is -8.78. The molecule has 4 aromatic heterocycles. The van der Waals surface area contributed by atoms with Crippen LogP contribution in [0.2, 0.25) is 0 Å². The van der Waals surface area contributed by atoms with Crippen LogP contribution in [-0.4, -0.2) is 32.6 Å². The number of fused-ring (bicyclic) bond motifs is 7. The lowest BCUT2D eigenvalue weighted by molar-refractivity contribution is 0.668. The van der Waals surface area contributed by atoms with Gasteiger partial charge in [0.15, 0.2) is 25.5 Å². The van der Waals surface area contributed by atoms with Gasteiger partial charge in [-0.25, -0.2) is 15.0 Å². The highest BCUT2D eigenvalue weighted by atomic mass is 28.3. The second-order valence-corrected chi connectivity index (χ2v) is 20.7. The first-order valence-corrected chi connectivity index (χ1v) is 24.5. The zero-order valence-corrected chi connectivity index (χ0v) is 37.2. The van der Waals surface area contributed by atoms with Gasteiger partial charge in [-0.1, -0.05) is 188 Å². The van der Waals surface area contributed by atoms with Crippen LogP contribution in [0.15, 0.2) is 241 Å². The minimum atomic E-state index is -2.76. The Morgan fingerprint density at radius 1 is 0.358 bits per heavy atom. The molecule has 0 bridgehead atoms. The third-order valence-corrected chi connectivity index (χ3v) is 18.1. The molecule has 13 aromatic rings. The lowest BCUT2D eigenvalue weighted by atomic mass is 10.0. The fraction of sp³-hybridized carbons (Fsp3) is 0. The van der Waals surface area contributed by atoms with Crippen LogP contribution in [0.25, 0.3) is 94.4 Å². The molecule has 13 rings (SSSR count). The van der Waals surface area contributed by atoms with Crippen molar-refractivity contribution in [3.05, 3.63) is 237 Å². The van der Waals surface area contributed by atoms with E-state index in [4.69, 9.17) is 19.4 Å². The SMILES string of the molecule is c1ccc([Si](c2ccccc2)(c2ccccc2)c2ccc(-c3nc(-c4ccc(-n5c6ccccc6c6ccccc65)c5ccccc45)nc(-c4cccc5oc6ccncc6c45)n3)cc2)cc1. The standard InChI is InChI=1S/C60H39N5OSi/c1-4-17-41(18-5-1)67(42-19-6-2-7-20-42,43-21-8-3-9-22-43)44-33-31-40(32-34-44)58-62-59(64-60(63-58)50-27-16-30-56-57(50)51-39-61-38-37-55(51)66-56)49-35-36-54(46-24-11-10-23-45(46)49)65-52-28-14-12-25-47(52)48-26-13-15-29-53(48)65/h1-39H. The van der Waals surface area contributed by atoms with Gasteiger partial charge in [0.2, 0.25) is 0 Å². The molecule has 0 saturated carbocycles. The lowest BCUT2D eigenvalue weighted by Gasteiger charge is -2.34. The minimum Gasteiger partial charge on any atom is -0.456 e. The predicted octanol–water partition coefficient (Wildman–Crippen LogP) is 11.8. The van der Waals surface area contributed by atoms with E-state index in [1.54, 1.807) is 6.20 Å². The minimum absolute atomic E-state index is 0.554. The molecular weight excluding hydrogens is 835 g/mol. The van der Waals surface area contributed by atoms with E-state index in [1.165, 1.54) is 31.5 Å². The van der Waals surface area contributed by atoms with E-state index in [-0.39, 0.29) is 0 Å². The summed E-state index contributed by atoms with van der Waals surface area (Å²) < 4.78 is 8.74. The van der Waals surface area contributed by atoms with Crippen LogP contribution < -0.4 is 20.7 Å². The normalized spacial score (nSPS) is 11.9. The van der Waals surface area contributed by atoms with Crippen molar-refractivity contribution >= 4 is 83.3 Å². The quantitative estimate of drug-likeness (QED) is 0.112. The van der Waals surface area contributed by atoms with Crippen molar-refractivity contribution in [2.45, 2.75) is 0 Å². The topological polar surface area (TPSA) is 69.6 Å². The molecule has 0 fully saturated rings. The van der Waals surface area contributed by atoms with E-state index in [0.717, 1.165) is 66.1 Å². The largest absolute Gasteiger partial charge is 0.456 e. The molecule has 0 unspecified atom stereocenters. The molecule has 0 aliphatic rings. The number of pyridine rings is 1. The van der Waals surface area contributed by atoms with E-state index >= 15 is 0 Å². The zero-order valence-electron chi connectivity index (χ0n) is 36.2. The molecule has 0 aliphatic carbocycles. The highest BCUT2D eigenvalue weighted by Gasteiger charge is 2.41. The molecule has 0 amide bonds. The number of para-hydroxylation sites is 2. The van der Waals surface area contributed by atoms with Gasteiger partial charge < -0.3 is 8.98 Å². The molecule has 0 aliphatic heterocycles. The molecule has 0 saturated heterocycles. The summed E-state index contributed by atoms with van der Waals surface area (Å²) in [5, 5.41) is 11.6. The lowest BCUT2D eigenvalue weighted by Crippen LogP contribution is -2.74. The second-order valence-electron chi connectivity index (χ2n) is 16.9. The van der Waals surface area contributed by atoms with E-state index < -0.39 is 8.07 Å². The first kappa shape index (κ1) is 38.7. The zero-order chi connectivity index (χ0) is 44.3. The van der Waals surface area contributed by atoms with Crippen molar-refractivity contribution in [3.63, 3.8) is 0 Å². The first-order valence-electron chi connectivity index (χ1n) is 22.5. The van der Waals surface area contributed by atoms with E-state index in [9.17, 15) is 0 Å². The molecule has 6 nitrogen and oxygen atoms in total. The highest BCUT2D eigenvalue weighted by Crippen LogP contribution is 2.39. The average Bonchev–Trinajstić information content (AvgIpc) is 3.96. The summed E-state index contributed by atoms with van der Waals surface area (Å²) >= 11 is 0. The summed E-state index contributed by atoms with van der Waals surface area (Å²) in [6, 6.07) is 80.1. The summed E-state index contributed by atoms with van der Waals surface area (Å²) in [7, 11) is -2.76. The maximum Gasteiger partial charge on any atom is 0.179 e. The summed E-state index contributed by atoms with van der Waals surface area (Å²) in [6.07, 6.45) is 3.61. The molecule has 67 heavy (non-hydrogen) atoms. The monoisotopic (exact) mass is 873 g/mol. The van der Waals surface area contributed by atoms with Crippen LogP contribution in [-0.2, 0) is 0 Å². The molecule has 4 heterocycles. The number of aromatic nitrogens is 5. The molecule has 0 N–H and O–H groups in total. The van der Waals surface area contributed by atoms with Crippen molar-refractivity contribution in [1.82, 2.24) is 24.5 Å². The Balaban J connectivity index is 1.03. The van der Waals surface area contributed by atoms with Gasteiger partial charge in [0.25, 0.3) is 0 Å². The maximum absolute atomic E-state index is 6.36. The van der Waals surface area contributed by atoms with Gasteiger partial charge >= 0.3 is 0 Å². The van der Waals surface area contributed by atoms with Crippen molar-refractivity contribution in [3.8, 4) is 39.9 Å². The molecule has 0 atom stereocenters. The third kappa shape index (κ3) is 6.16. The summed E-state index contributed by atoms with van der Waals surface area (Å²) in [5.41, 5.74) is 7.56. The number of rotatable bonds is 8. The Labute approximate surface area is 387 Å². The Morgan fingerprint density at radius 2 is 0.881 bits per heavy atom. The molecular formula is C60H39N5OSi. The van der Waals surface area contributed by atoms with Gasteiger partial charge in [-0.05, 0) is 62.5 Å². The smallest absolute Gasteiger partial charge is 0.179 e. The van der Waals surface area contributed by atoms with Gasteiger partial charge in [0.1, 0.15) is 11.2 Å². The van der Waals surface area contributed by atoms with Crippen molar-refractivity contribution in [2.75, 3.05) is 0 Å². The Bertz CT molecular complexity index is 3830. The van der Waals surface area contributed by atoms with E-state index in [1.807, 2.05) is 24.4 Å². The van der Waals surface area contributed by atoms with Crippen LogP contribution in [0.5, 0.6) is 0 Å². The highest BCUT2D eigenvalue weighted by molar-refractivity contribution is 7.19. The first-order chi connectivity index (χ1) is 33.2. The van der Waals surface area contributed by atoms with Crippen molar-refractivity contribution < 1.29 is 4.42 Å². The van der Waals surface area contributed by atoms with Gasteiger partial charge in [-0.2, -0.15) is 0 Å². The fourth-order valence-corrected chi connectivity index (χ4v) is 15.1. The Kier molecular flexibility index (Phi) is 9.08. The van der Waals surface area contributed by atoms with Gasteiger partial charge in [-0.15, -0.1) is 0 Å². The molecule has 0 radical (unpaired) electrons. The summed E-state index contributed by atoms with van der Waals surface area (Å²) in [6.45, 7) is 0. The number of nitrogens with zero attached hydrogens (tertiary/aromatic N) is 5. The average molecular weight is 874 g/mol. The molecule has 9 aromatic carbocycles. The molecule has 314 valence electrons. The van der Waals surface area contributed by atoms with Gasteiger partial charge in [0, 0.05) is 56.0 Å². The number of benzene rings is 9. The van der Waals surface area contributed by atoms with E-state index in [2.05, 4.69) is 216 Å². The van der Waals surface area contributed by atoms with Crippen LogP contribution in [0, 0.1) is 0 Å². The van der Waals surface area contributed by atoms with Crippen molar-refractivity contribution in [2.24, 2.45) is 0 Å². The van der Waals surface area contributed by atoms with Crippen LogP contribution in [0.3, 0.4) is 0 Å². The fourth-order valence-electron chi connectivity index (χ4n) is 10.4. The Morgan fingerprint density at radius 3 is 1.51 bits per heavy atom. The predicted molar refractivity (Wildman–Crippen MR) is 277 cm³/mol. The van der Waals surface area contributed by atoms with Crippen LogP contribution in [0.1, 0.15) is 0 Å². The second kappa shape index (κ2) is 15.7. The summed E-state index contributed by atoms with van der Waals surface area (Å²) in [4.78, 5) is 20.6. The molecule has 7 heteroatoms. The van der Waals surface area contributed by atoms with Gasteiger partial charge in [0.05, 0.1) is 16.7 Å². The van der Waals surface area contributed by atoms with Crippen LogP contribution >= 0.6 is 0 Å². The third-order valence-electron chi connectivity index (χ3n) is 13.3. The van der Waals surface area contributed by atoms with Crippen molar-refractivity contribution in [1.29, 1.82) is 0 Å². The van der Waals surface area contributed by atoms with Crippen LogP contribution in [0.4, 0.5) is 0 Å². The number of hydrogen-bond acceptors (Lipinski definition) is 5. The number of hydrogen-bond donors (Lipinski definition) is 0. The maximum atomic E-state index is 6.36. The molecule has 0 spiro atoms. The van der Waals surface area contributed by atoms with Gasteiger partial charge in [-0.3, -0.25) is 4.98 Å². The van der Waals surface area contributed by atoms with E-state index in [0.29, 0.717) is 17.5 Å².